The van der Waals surface area contributed by atoms with Crippen LogP contribution in [0.4, 0.5) is 5.69 Å². The third-order valence-corrected chi connectivity index (χ3v) is 6.09. The zero-order valence-corrected chi connectivity index (χ0v) is 20.5. The van der Waals surface area contributed by atoms with Gasteiger partial charge in [-0.1, -0.05) is 60.7 Å². The molecule has 9 heteroatoms. The predicted molar refractivity (Wildman–Crippen MR) is 135 cm³/mol. The van der Waals surface area contributed by atoms with Crippen molar-refractivity contribution in [2.24, 2.45) is 0 Å². The second-order valence-electron chi connectivity index (χ2n) is 8.31. The first-order valence-corrected chi connectivity index (χ1v) is 13.0. The molecule has 0 aromatic heterocycles. The quantitative estimate of drug-likeness (QED) is 0.236. The lowest BCUT2D eigenvalue weighted by atomic mass is 9.97. The lowest BCUT2D eigenvalue weighted by molar-refractivity contribution is -0.139. The summed E-state index contributed by atoms with van der Waals surface area (Å²) in [4.78, 5) is 11.6. The lowest BCUT2D eigenvalue weighted by Gasteiger charge is -2.22. The molecule has 0 heterocycles. The average molecular weight is 499 g/mol. The van der Waals surface area contributed by atoms with Crippen LogP contribution >= 0.6 is 0 Å². The maximum Gasteiger partial charge on any atom is 0.309 e. The van der Waals surface area contributed by atoms with Gasteiger partial charge in [0.15, 0.2) is 0 Å². The summed E-state index contributed by atoms with van der Waals surface area (Å²) in [6.45, 7) is 0.185. The number of esters is 1. The van der Waals surface area contributed by atoms with Gasteiger partial charge < -0.3 is 20.3 Å². The van der Waals surface area contributed by atoms with Gasteiger partial charge in [-0.15, -0.1) is 0 Å². The van der Waals surface area contributed by atoms with E-state index in [0.717, 1.165) is 22.9 Å². The maximum absolute atomic E-state index is 11.6. The molecule has 0 spiro atoms. The van der Waals surface area contributed by atoms with Crippen LogP contribution in [0.3, 0.4) is 0 Å². The normalized spacial score (nSPS) is 13.1. The second-order valence-corrected chi connectivity index (χ2v) is 10.1. The number of carbonyl (C=O) groups is 1. The number of ether oxygens (including phenoxy) is 1. The van der Waals surface area contributed by atoms with Crippen LogP contribution in [0.1, 0.15) is 34.4 Å². The third kappa shape index (κ3) is 8.10. The highest BCUT2D eigenvalue weighted by Crippen LogP contribution is 2.28. The van der Waals surface area contributed by atoms with Gasteiger partial charge in [0.05, 0.1) is 31.6 Å². The topological polar surface area (TPSA) is 125 Å². The zero-order chi connectivity index (χ0) is 25.4. The van der Waals surface area contributed by atoms with Gasteiger partial charge in [0, 0.05) is 12.6 Å². The average Bonchev–Trinajstić information content (AvgIpc) is 2.83. The number of sulfonamides is 1. The van der Waals surface area contributed by atoms with Crippen LogP contribution in [0.2, 0.25) is 0 Å². The number of benzene rings is 3. The Kier molecular flexibility index (Phi) is 8.86. The van der Waals surface area contributed by atoms with Crippen LogP contribution in [0, 0.1) is 0 Å². The number of carbonyl (C=O) groups excluding carboxylic acids is 1. The molecule has 186 valence electrons. The maximum atomic E-state index is 11.6. The SMILES string of the molecule is COC(=O)Cc1ccc([C@@H](Cc2ccccc2)NC[C@H](O)c2ccc(O)c(NS(C)(=O)=O)c2)cc1. The number of hydrogen-bond acceptors (Lipinski definition) is 7. The van der Waals surface area contributed by atoms with Crippen molar-refractivity contribution >= 4 is 21.7 Å². The Labute approximate surface area is 205 Å². The fraction of sp³-hybridized carbons (Fsp3) is 0.269. The molecule has 0 amide bonds. The number of methoxy groups -OCH3 is 1. The summed E-state index contributed by atoms with van der Waals surface area (Å²) in [6.07, 6.45) is 0.895. The van der Waals surface area contributed by atoms with Crippen molar-refractivity contribution in [1.82, 2.24) is 5.32 Å². The number of phenolic OH excluding ortho intramolecular Hbond substituents is 1. The lowest BCUT2D eigenvalue weighted by Crippen LogP contribution is -2.28. The molecule has 3 aromatic rings. The van der Waals surface area contributed by atoms with Crippen LogP contribution in [0.15, 0.2) is 72.8 Å². The van der Waals surface area contributed by atoms with Gasteiger partial charge in [0.1, 0.15) is 5.75 Å². The first-order valence-electron chi connectivity index (χ1n) is 11.1. The Hall–Kier alpha value is -3.40. The summed E-state index contributed by atoms with van der Waals surface area (Å²) < 4.78 is 30.1. The fourth-order valence-corrected chi connectivity index (χ4v) is 4.24. The van der Waals surface area contributed by atoms with Gasteiger partial charge in [-0.2, -0.15) is 0 Å². The van der Waals surface area contributed by atoms with Crippen molar-refractivity contribution in [3.8, 4) is 5.75 Å². The van der Waals surface area contributed by atoms with E-state index in [0.29, 0.717) is 12.0 Å². The Morgan fingerprint density at radius 1 is 0.971 bits per heavy atom. The van der Waals surface area contributed by atoms with E-state index in [9.17, 15) is 23.4 Å². The molecule has 0 bridgehead atoms. The zero-order valence-electron chi connectivity index (χ0n) is 19.6. The van der Waals surface area contributed by atoms with E-state index >= 15 is 0 Å². The molecule has 0 aliphatic carbocycles. The Bertz CT molecular complexity index is 1230. The molecule has 0 saturated carbocycles. The summed E-state index contributed by atoms with van der Waals surface area (Å²) >= 11 is 0. The number of hydrogen-bond donors (Lipinski definition) is 4. The van der Waals surface area contributed by atoms with E-state index in [2.05, 4.69) is 10.0 Å². The number of nitrogens with one attached hydrogen (secondary N) is 2. The number of phenols is 1. The minimum atomic E-state index is -3.59. The van der Waals surface area contributed by atoms with Crippen LogP contribution in [-0.2, 0) is 32.4 Å². The van der Waals surface area contributed by atoms with Crippen LogP contribution in [0.25, 0.3) is 0 Å². The molecule has 4 N–H and O–H groups in total. The summed E-state index contributed by atoms with van der Waals surface area (Å²) in [7, 11) is -2.23. The molecule has 0 aliphatic rings. The van der Waals surface area contributed by atoms with E-state index < -0.39 is 16.1 Å². The molecule has 0 saturated heterocycles. The molecule has 35 heavy (non-hydrogen) atoms. The molecule has 3 aromatic carbocycles. The van der Waals surface area contributed by atoms with Crippen molar-refractivity contribution < 1.29 is 28.2 Å². The molecule has 0 radical (unpaired) electrons. The molecule has 0 unspecified atom stereocenters. The monoisotopic (exact) mass is 498 g/mol. The van der Waals surface area contributed by atoms with Crippen molar-refractivity contribution in [3.05, 3.63) is 95.1 Å². The minimum Gasteiger partial charge on any atom is -0.506 e. The van der Waals surface area contributed by atoms with E-state index in [1.165, 1.54) is 19.2 Å². The molecule has 0 fully saturated rings. The minimum absolute atomic E-state index is 0.00563. The summed E-state index contributed by atoms with van der Waals surface area (Å²) in [5.74, 6) is -0.535. The fourth-order valence-electron chi connectivity index (χ4n) is 3.68. The molecule has 2 atom stereocenters. The highest BCUT2D eigenvalue weighted by atomic mass is 32.2. The van der Waals surface area contributed by atoms with E-state index in [1.54, 1.807) is 6.07 Å². The number of rotatable bonds is 11. The predicted octanol–water partition coefficient (Wildman–Crippen LogP) is 3.09. The first kappa shape index (κ1) is 26.2. The van der Waals surface area contributed by atoms with Crippen LogP contribution in [-0.4, -0.2) is 44.5 Å². The summed E-state index contributed by atoms with van der Waals surface area (Å²) in [5, 5.41) is 24.1. The number of aliphatic hydroxyl groups excluding tert-OH is 1. The summed E-state index contributed by atoms with van der Waals surface area (Å²) in [6, 6.07) is 21.7. The van der Waals surface area contributed by atoms with Gasteiger partial charge in [0.25, 0.3) is 0 Å². The standard InChI is InChI=1S/C26H30N2O6S/c1-34-26(31)15-19-8-10-20(11-9-19)22(14-18-6-4-3-5-7-18)27-17-25(30)21-12-13-24(29)23(16-21)28-35(2,32)33/h3-13,16,22,25,27-30H,14-15,17H2,1-2H3/t22-,25+/m1/s1. The van der Waals surface area contributed by atoms with Crippen molar-refractivity contribution in [2.75, 3.05) is 24.6 Å². The highest BCUT2D eigenvalue weighted by molar-refractivity contribution is 7.92. The Balaban J connectivity index is 1.76. The summed E-state index contributed by atoms with van der Waals surface area (Å²) in [5.41, 5.74) is 3.40. The van der Waals surface area contributed by atoms with E-state index in [1.807, 2.05) is 54.6 Å². The number of aromatic hydroxyl groups is 1. The molecular weight excluding hydrogens is 468 g/mol. The van der Waals surface area contributed by atoms with Gasteiger partial charge >= 0.3 is 5.97 Å². The number of aliphatic hydroxyl groups is 1. The largest absolute Gasteiger partial charge is 0.506 e. The van der Waals surface area contributed by atoms with Crippen LogP contribution < -0.4 is 10.0 Å². The highest BCUT2D eigenvalue weighted by Gasteiger charge is 2.17. The second kappa shape index (κ2) is 11.8. The van der Waals surface area contributed by atoms with Gasteiger partial charge in [-0.25, -0.2) is 8.42 Å². The first-order chi connectivity index (χ1) is 16.6. The molecule has 3 rings (SSSR count). The van der Waals surface area contributed by atoms with Gasteiger partial charge in [-0.3, -0.25) is 9.52 Å². The molecular formula is C26H30N2O6S. The van der Waals surface area contributed by atoms with E-state index in [-0.39, 0.29) is 36.4 Å². The smallest absolute Gasteiger partial charge is 0.309 e. The van der Waals surface area contributed by atoms with Crippen molar-refractivity contribution in [3.63, 3.8) is 0 Å². The number of anilines is 1. The third-order valence-electron chi connectivity index (χ3n) is 5.50. The molecule has 8 nitrogen and oxygen atoms in total. The van der Waals surface area contributed by atoms with Crippen molar-refractivity contribution in [2.45, 2.75) is 25.0 Å². The van der Waals surface area contributed by atoms with Gasteiger partial charge in [0.2, 0.25) is 10.0 Å². The van der Waals surface area contributed by atoms with Gasteiger partial charge in [-0.05, 0) is 40.8 Å². The Morgan fingerprint density at radius 2 is 1.63 bits per heavy atom. The van der Waals surface area contributed by atoms with E-state index in [4.69, 9.17) is 4.74 Å². The molecule has 0 aliphatic heterocycles. The van der Waals surface area contributed by atoms with Crippen molar-refractivity contribution in [1.29, 1.82) is 0 Å². The van der Waals surface area contributed by atoms with Crippen LogP contribution in [0.5, 0.6) is 5.75 Å². The Morgan fingerprint density at radius 3 is 2.26 bits per heavy atom.